The predicted molar refractivity (Wildman–Crippen MR) is 60.5 cm³/mol. The van der Waals surface area contributed by atoms with Gasteiger partial charge >= 0.3 is 0 Å². The molecule has 82 valence electrons. The highest BCUT2D eigenvalue weighted by Gasteiger charge is 2.17. The van der Waals surface area contributed by atoms with Crippen LogP contribution in [0.2, 0.25) is 0 Å². The first-order valence-corrected chi connectivity index (χ1v) is 5.10. The molecular formula is C11H17N3O. The molecule has 0 spiro atoms. The van der Waals surface area contributed by atoms with E-state index >= 15 is 0 Å². The monoisotopic (exact) mass is 207 g/mol. The molecule has 1 rings (SSSR count). The Labute approximate surface area is 90.1 Å². The first-order valence-electron chi connectivity index (χ1n) is 5.10. The van der Waals surface area contributed by atoms with Crippen LogP contribution in [0.1, 0.15) is 19.8 Å². The zero-order chi connectivity index (χ0) is 11.3. The molecule has 4 heteroatoms. The fourth-order valence-electron chi connectivity index (χ4n) is 1.36. The average molecular weight is 207 g/mol. The molecule has 0 aliphatic carbocycles. The summed E-state index contributed by atoms with van der Waals surface area (Å²) in [5.41, 5.74) is 6.53. The molecule has 1 amide bonds. The van der Waals surface area contributed by atoms with Crippen molar-refractivity contribution in [2.45, 2.75) is 25.8 Å². The van der Waals surface area contributed by atoms with E-state index in [0.29, 0.717) is 6.42 Å². The van der Waals surface area contributed by atoms with Crippen LogP contribution in [0.15, 0.2) is 24.5 Å². The Morgan fingerprint density at radius 2 is 2.40 bits per heavy atom. The van der Waals surface area contributed by atoms with Gasteiger partial charge in [-0.05, 0) is 18.6 Å². The molecule has 0 bridgehead atoms. The van der Waals surface area contributed by atoms with Gasteiger partial charge in [-0.15, -0.1) is 0 Å². The lowest BCUT2D eigenvalue weighted by molar-refractivity contribution is -0.119. The van der Waals surface area contributed by atoms with E-state index in [0.717, 1.165) is 12.1 Å². The Morgan fingerprint density at radius 1 is 1.67 bits per heavy atom. The summed E-state index contributed by atoms with van der Waals surface area (Å²) in [6.07, 6.45) is 4.95. The first kappa shape index (κ1) is 11.7. The fraction of sp³-hybridized carbons (Fsp3) is 0.455. The third kappa shape index (κ3) is 3.02. The van der Waals surface area contributed by atoms with Crippen molar-refractivity contribution < 1.29 is 4.79 Å². The average Bonchev–Trinajstić information content (AvgIpc) is 2.28. The van der Waals surface area contributed by atoms with E-state index in [1.54, 1.807) is 30.4 Å². The van der Waals surface area contributed by atoms with Gasteiger partial charge in [0.2, 0.25) is 5.91 Å². The van der Waals surface area contributed by atoms with Crippen LogP contribution in [-0.2, 0) is 4.79 Å². The fourth-order valence-corrected chi connectivity index (χ4v) is 1.36. The van der Waals surface area contributed by atoms with Crippen molar-refractivity contribution >= 4 is 11.6 Å². The molecule has 2 N–H and O–H groups in total. The van der Waals surface area contributed by atoms with Crippen LogP contribution in [0.4, 0.5) is 5.69 Å². The molecule has 1 aromatic heterocycles. The van der Waals surface area contributed by atoms with Crippen molar-refractivity contribution in [1.29, 1.82) is 0 Å². The number of amides is 1. The summed E-state index contributed by atoms with van der Waals surface area (Å²) >= 11 is 0. The maximum atomic E-state index is 11.8. The number of likely N-dealkylation sites (N-methyl/N-ethyl adjacent to an activating group) is 1. The van der Waals surface area contributed by atoms with E-state index in [9.17, 15) is 4.79 Å². The Bertz CT molecular complexity index is 313. The van der Waals surface area contributed by atoms with Gasteiger partial charge in [0.15, 0.2) is 0 Å². The van der Waals surface area contributed by atoms with Gasteiger partial charge in [0, 0.05) is 13.2 Å². The summed E-state index contributed by atoms with van der Waals surface area (Å²) in [6.45, 7) is 2.01. The van der Waals surface area contributed by atoms with E-state index in [1.165, 1.54) is 0 Å². The molecule has 0 aromatic carbocycles. The smallest absolute Gasteiger partial charge is 0.243 e. The van der Waals surface area contributed by atoms with Gasteiger partial charge in [0.05, 0.1) is 17.9 Å². The van der Waals surface area contributed by atoms with E-state index in [2.05, 4.69) is 4.98 Å². The number of nitrogens with zero attached hydrogens (tertiary/aromatic N) is 2. The van der Waals surface area contributed by atoms with Crippen molar-refractivity contribution in [2.75, 3.05) is 11.9 Å². The minimum Gasteiger partial charge on any atom is -0.320 e. The molecule has 0 radical (unpaired) electrons. The molecule has 0 aliphatic heterocycles. The number of hydrogen-bond acceptors (Lipinski definition) is 3. The number of hydrogen-bond donors (Lipinski definition) is 1. The van der Waals surface area contributed by atoms with E-state index in [1.807, 2.05) is 13.0 Å². The van der Waals surface area contributed by atoms with Crippen molar-refractivity contribution in [2.24, 2.45) is 5.73 Å². The van der Waals surface area contributed by atoms with Gasteiger partial charge in [-0.25, -0.2) is 0 Å². The van der Waals surface area contributed by atoms with Crippen molar-refractivity contribution in [3.63, 3.8) is 0 Å². The summed E-state index contributed by atoms with van der Waals surface area (Å²) in [5.74, 6) is -0.0650. The largest absolute Gasteiger partial charge is 0.320 e. The molecule has 0 aliphatic rings. The van der Waals surface area contributed by atoms with Gasteiger partial charge in [0.25, 0.3) is 0 Å². The van der Waals surface area contributed by atoms with Crippen molar-refractivity contribution in [1.82, 2.24) is 4.98 Å². The number of pyridine rings is 1. The van der Waals surface area contributed by atoms with Crippen LogP contribution in [-0.4, -0.2) is 24.0 Å². The number of carbonyl (C=O) groups excluding carboxylic acids is 1. The summed E-state index contributed by atoms with van der Waals surface area (Å²) in [6, 6.07) is 3.22. The van der Waals surface area contributed by atoms with Crippen LogP contribution in [0.25, 0.3) is 0 Å². The van der Waals surface area contributed by atoms with Crippen LogP contribution in [0.3, 0.4) is 0 Å². The zero-order valence-electron chi connectivity index (χ0n) is 9.18. The lowest BCUT2D eigenvalue weighted by Gasteiger charge is -2.20. The Morgan fingerprint density at radius 3 is 2.93 bits per heavy atom. The first-order chi connectivity index (χ1) is 7.16. The maximum absolute atomic E-state index is 11.8. The molecule has 4 nitrogen and oxygen atoms in total. The third-order valence-corrected chi connectivity index (χ3v) is 2.28. The van der Waals surface area contributed by atoms with Gasteiger partial charge in [0.1, 0.15) is 0 Å². The second-order valence-corrected chi connectivity index (χ2v) is 3.50. The normalized spacial score (nSPS) is 12.2. The Hall–Kier alpha value is -1.42. The van der Waals surface area contributed by atoms with Crippen molar-refractivity contribution in [3.05, 3.63) is 24.5 Å². The third-order valence-electron chi connectivity index (χ3n) is 2.28. The Balaban J connectivity index is 2.69. The highest BCUT2D eigenvalue weighted by Crippen LogP contribution is 2.11. The second-order valence-electron chi connectivity index (χ2n) is 3.50. The van der Waals surface area contributed by atoms with E-state index in [-0.39, 0.29) is 5.91 Å². The zero-order valence-corrected chi connectivity index (χ0v) is 9.18. The molecule has 0 saturated carbocycles. The van der Waals surface area contributed by atoms with E-state index < -0.39 is 6.04 Å². The predicted octanol–water partition coefficient (Wildman–Crippen LogP) is 1.17. The van der Waals surface area contributed by atoms with Crippen LogP contribution in [0.5, 0.6) is 0 Å². The van der Waals surface area contributed by atoms with Crippen LogP contribution in [0, 0.1) is 0 Å². The molecule has 1 aromatic rings. The second kappa shape index (κ2) is 5.46. The number of nitrogens with two attached hydrogens (primary N) is 1. The summed E-state index contributed by atoms with van der Waals surface area (Å²) in [7, 11) is 1.72. The summed E-state index contributed by atoms with van der Waals surface area (Å²) in [5, 5.41) is 0. The molecule has 1 atom stereocenters. The molecule has 0 saturated heterocycles. The lowest BCUT2D eigenvalue weighted by Crippen LogP contribution is -2.41. The minimum atomic E-state index is -0.416. The topological polar surface area (TPSA) is 59.2 Å². The number of anilines is 1. The molecular weight excluding hydrogens is 190 g/mol. The van der Waals surface area contributed by atoms with Gasteiger partial charge in [-0.2, -0.15) is 0 Å². The summed E-state index contributed by atoms with van der Waals surface area (Å²) in [4.78, 5) is 17.3. The standard InChI is InChI=1S/C11H17N3O/c1-3-5-10(12)11(15)14(2)9-6-4-7-13-8-9/h4,6-8,10H,3,5,12H2,1-2H3/t10-/m0/s1. The number of rotatable bonds is 4. The molecule has 1 heterocycles. The summed E-state index contributed by atoms with van der Waals surface area (Å²) < 4.78 is 0. The van der Waals surface area contributed by atoms with Gasteiger partial charge in [-0.1, -0.05) is 13.3 Å². The maximum Gasteiger partial charge on any atom is 0.243 e. The van der Waals surface area contributed by atoms with E-state index in [4.69, 9.17) is 5.73 Å². The van der Waals surface area contributed by atoms with Gasteiger partial charge < -0.3 is 10.6 Å². The quantitative estimate of drug-likeness (QED) is 0.806. The molecule has 0 fully saturated rings. The highest BCUT2D eigenvalue weighted by atomic mass is 16.2. The van der Waals surface area contributed by atoms with Crippen LogP contribution < -0.4 is 10.6 Å². The molecule has 0 unspecified atom stereocenters. The highest BCUT2D eigenvalue weighted by molar-refractivity contribution is 5.96. The lowest BCUT2D eigenvalue weighted by atomic mass is 10.1. The number of aromatic nitrogens is 1. The van der Waals surface area contributed by atoms with Crippen molar-refractivity contribution in [3.8, 4) is 0 Å². The minimum absolute atomic E-state index is 0.0650. The SMILES string of the molecule is CCC[C@H](N)C(=O)N(C)c1cccnc1. The van der Waals surface area contributed by atoms with Crippen LogP contribution >= 0.6 is 0 Å². The Kier molecular flexibility index (Phi) is 4.24. The number of carbonyl (C=O) groups is 1. The van der Waals surface area contributed by atoms with Gasteiger partial charge in [-0.3, -0.25) is 9.78 Å². The molecule has 15 heavy (non-hydrogen) atoms.